The van der Waals surface area contributed by atoms with E-state index in [1.165, 1.54) is 16.5 Å². The van der Waals surface area contributed by atoms with Crippen molar-refractivity contribution in [1.82, 2.24) is 9.71 Å². The van der Waals surface area contributed by atoms with Gasteiger partial charge in [0.05, 0.1) is 5.56 Å². The summed E-state index contributed by atoms with van der Waals surface area (Å²) in [5.74, 6) is 0.290. The van der Waals surface area contributed by atoms with Crippen LogP contribution in [0, 0.1) is 0 Å². The lowest BCUT2D eigenvalue weighted by Crippen LogP contribution is -2.37. The topological polar surface area (TPSA) is 64.1 Å². The normalized spacial score (nSPS) is 14.9. The second kappa shape index (κ2) is 5.00. The number of nitrogens with zero attached hydrogens (tertiary/aromatic N) is 1. The Morgan fingerprint density at radius 2 is 2.18 bits per heavy atom. The molecule has 1 aliphatic carbocycles. The van der Waals surface area contributed by atoms with Gasteiger partial charge in [0.1, 0.15) is 11.6 Å². The average Bonchev–Trinajstić information content (AvgIpc) is 3.11. The van der Waals surface area contributed by atoms with E-state index in [-0.39, 0.29) is 5.56 Å². The molecule has 5 nitrogen and oxygen atoms in total. The molecule has 94 valence electrons. The van der Waals surface area contributed by atoms with Crippen LogP contribution in [0.1, 0.15) is 37.7 Å². The fourth-order valence-corrected chi connectivity index (χ4v) is 2.52. The van der Waals surface area contributed by atoms with Crippen LogP contribution >= 0.6 is 11.8 Å². The Kier molecular flexibility index (Phi) is 3.61. The minimum Gasteiger partial charge on any atom is -0.408 e. The molecule has 1 N–H and O–H groups in total. The molecule has 0 aromatic carbocycles. The number of hydrogen-bond acceptors (Lipinski definition) is 4. The fourth-order valence-electron chi connectivity index (χ4n) is 1.74. The van der Waals surface area contributed by atoms with E-state index >= 15 is 0 Å². The molecule has 0 radical (unpaired) electrons. The van der Waals surface area contributed by atoms with Gasteiger partial charge in [-0.15, -0.1) is 16.5 Å². The molecule has 0 spiro atoms. The summed E-state index contributed by atoms with van der Waals surface area (Å²) in [6, 6.07) is 0. The summed E-state index contributed by atoms with van der Waals surface area (Å²) in [7, 11) is 0. The molecule has 1 aromatic rings. The monoisotopic (exact) mass is 256 g/mol. The second-order valence-electron chi connectivity index (χ2n) is 4.08. The summed E-state index contributed by atoms with van der Waals surface area (Å²) in [4.78, 5) is 31.2. The molecule has 0 unspecified atom stereocenters. The van der Waals surface area contributed by atoms with Gasteiger partial charge in [0, 0.05) is 0 Å². The highest BCUT2D eigenvalue weighted by Gasteiger charge is 2.31. The van der Waals surface area contributed by atoms with Crippen molar-refractivity contribution in [2.75, 3.05) is 12.9 Å². The molecule has 0 aliphatic heterocycles. The summed E-state index contributed by atoms with van der Waals surface area (Å²) in [6.45, 7) is 2.43. The molecule has 0 atom stereocenters. The van der Waals surface area contributed by atoms with Crippen LogP contribution in [0.15, 0.2) is 14.6 Å². The number of aromatic nitrogens is 2. The van der Waals surface area contributed by atoms with Crippen LogP contribution in [0.4, 0.5) is 0 Å². The molecular weight excluding hydrogens is 240 g/mol. The van der Waals surface area contributed by atoms with Crippen LogP contribution in [0.5, 0.6) is 0 Å². The van der Waals surface area contributed by atoms with Crippen molar-refractivity contribution < 1.29 is 4.84 Å². The zero-order valence-electron chi connectivity index (χ0n) is 9.99. The molecule has 2 rings (SSSR count). The van der Waals surface area contributed by atoms with Crippen LogP contribution in [0.3, 0.4) is 0 Å². The first kappa shape index (κ1) is 12.3. The number of aromatic amines is 1. The number of hydrogen-bond donors (Lipinski definition) is 1. The van der Waals surface area contributed by atoms with E-state index in [4.69, 9.17) is 4.84 Å². The summed E-state index contributed by atoms with van der Waals surface area (Å²) in [6.07, 6.45) is 4.70. The highest BCUT2D eigenvalue weighted by Crippen LogP contribution is 2.41. The first-order valence-corrected chi connectivity index (χ1v) is 6.98. The predicted molar refractivity (Wildman–Crippen MR) is 66.8 cm³/mol. The highest BCUT2D eigenvalue weighted by atomic mass is 32.2. The molecule has 17 heavy (non-hydrogen) atoms. The van der Waals surface area contributed by atoms with E-state index in [0.717, 1.165) is 19.3 Å². The van der Waals surface area contributed by atoms with Crippen LogP contribution in [0.25, 0.3) is 0 Å². The summed E-state index contributed by atoms with van der Waals surface area (Å²) in [5.41, 5.74) is -0.0522. The van der Waals surface area contributed by atoms with Crippen molar-refractivity contribution in [2.24, 2.45) is 0 Å². The number of H-pyrrole nitrogens is 1. The highest BCUT2D eigenvalue weighted by molar-refractivity contribution is 7.98. The minimum atomic E-state index is -0.489. The largest absolute Gasteiger partial charge is 0.408 e. The Balaban J connectivity index is 2.52. The van der Waals surface area contributed by atoms with E-state index in [0.29, 0.717) is 23.1 Å². The van der Waals surface area contributed by atoms with Crippen LogP contribution in [-0.4, -0.2) is 22.6 Å². The first-order valence-electron chi connectivity index (χ1n) is 5.75. The third-order valence-electron chi connectivity index (χ3n) is 2.67. The third-order valence-corrected chi connectivity index (χ3v) is 3.44. The quantitative estimate of drug-likeness (QED) is 0.630. The maximum Gasteiger partial charge on any atom is 0.362 e. The van der Waals surface area contributed by atoms with E-state index in [1.54, 1.807) is 0 Å². The molecule has 1 aromatic heterocycles. The molecule has 1 aliphatic rings. The SMILES string of the molecule is CCCOn1c(SC)c(C2CC2)c(=O)[nH]c1=O. The maximum atomic E-state index is 11.8. The fraction of sp³-hybridized carbons (Fsp3) is 0.636. The molecule has 1 saturated carbocycles. The lowest BCUT2D eigenvalue weighted by Gasteiger charge is -2.13. The van der Waals surface area contributed by atoms with Gasteiger partial charge in [0.15, 0.2) is 0 Å². The lowest BCUT2D eigenvalue weighted by atomic mass is 10.2. The van der Waals surface area contributed by atoms with Gasteiger partial charge >= 0.3 is 5.69 Å². The van der Waals surface area contributed by atoms with E-state index in [2.05, 4.69) is 4.98 Å². The van der Waals surface area contributed by atoms with Crippen molar-refractivity contribution in [3.05, 3.63) is 26.4 Å². The minimum absolute atomic E-state index is 0.266. The van der Waals surface area contributed by atoms with E-state index < -0.39 is 5.69 Å². The summed E-state index contributed by atoms with van der Waals surface area (Å²) < 4.78 is 1.23. The van der Waals surface area contributed by atoms with Gasteiger partial charge in [-0.2, -0.15) is 0 Å². The Labute approximate surface area is 103 Å². The predicted octanol–water partition coefficient (Wildman–Crippen LogP) is 0.974. The van der Waals surface area contributed by atoms with Gasteiger partial charge in [-0.3, -0.25) is 9.78 Å². The zero-order chi connectivity index (χ0) is 12.4. The van der Waals surface area contributed by atoms with Crippen LogP contribution in [0.2, 0.25) is 0 Å². The Morgan fingerprint density at radius 1 is 1.47 bits per heavy atom. The second-order valence-corrected chi connectivity index (χ2v) is 4.88. The van der Waals surface area contributed by atoms with Crippen LogP contribution in [-0.2, 0) is 0 Å². The van der Waals surface area contributed by atoms with Gasteiger partial charge in [-0.05, 0) is 31.4 Å². The third kappa shape index (κ3) is 2.41. The molecule has 0 bridgehead atoms. The smallest absolute Gasteiger partial charge is 0.362 e. The average molecular weight is 256 g/mol. The molecule has 0 saturated heterocycles. The van der Waals surface area contributed by atoms with Crippen molar-refractivity contribution in [1.29, 1.82) is 0 Å². The standard InChI is InChI=1S/C11H16N2O3S/c1-3-6-16-13-10(17-2)8(7-4-5-7)9(14)12-11(13)15/h7H,3-6H2,1-2H3,(H,12,14,15). The summed E-state index contributed by atoms with van der Waals surface area (Å²) in [5, 5.41) is 0.648. The zero-order valence-corrected chi connectivity index (χ0v) is 10.8. The molecule has 1 fully saturated rings. The first-order chi connectivity index (χ1) is 8.19. The van der Waals surface area contributed by atoms with Gasteiger partial charge in [-0.1, -0.05) is 6.92 Å². The molecule has 1 heterocycles. The van der Waals surface area contributed by atoms with Crippen LogP contribution < -0.4 is 16.1 Å². The maximum absolute atomic E-state index is 11.8. The van der Waals surface area contributed by atoms with Crippen molar-refractivity contribution in [2.45, 2.75) is 37.1 Å². The van der Waals surface area contributed by atoms with Crippen molar-refractivity contribution >= 4 is 11.8 Å². The molecule has 0 amide bonds. The van der Waals surface area contributed by atoms with Gasteiger partial charge in [0.2, 0.25) is 0 Å². The molecular formula is C11H16N2O3S. The number of rotatable bonds is 5. The van der Waals surface area contributed by atoms with Crippen molar-refractivity contribution in [3.8, 4) is 0 Å². The Bertz CT molecular complexity index is 516. The summed E-state index contributed by atoms with van der Waals surface area (Å²) >= 11 is 1.39. The Morgan fingerprint density at radius 3 is 2.71 bits per heavy atom. The lowest BCUT2D eigenvalue weighted by molar-refractivity contribution is 0.0790. The number of thioether (sulfide) groups is 1. The Hall–Kier alpha value is -1.17. The van der Waals surface area contributed by atoms with Gasteiger partial charge in [0.25, 0.3) is 5.56 Å². The molecule has 6 heteroatoms. The van der Waals surface area contributed by atoms with E-state index in [9.17, 15) is 9.59 Å². The van der Waals surface area contributed by atoms with E-state index in [1.807, 2.05) is 13.2 Å². The number of nitrogens with one attached hydrogen (secondary N) is 1. The van der Waals surface area contributed by atoms with Crippen molar-refractivity contribution in [3.63, 3.8) is 0 Å². The van der Waals surface area contributed by atoms with Gasteiger partial charge in [-0.25, -0.2) is 4.79 Å². The van der Waals surface area contributed by atoms with Gasteiger partial charge < -0.3 is 4.84 Å².